The van der Waals surface area contributed by atoms with Crippen LogP contribution < -0.4 is 10.6 Å². The van der Waals surface area contributed by atoms with E-state index in [9.17, 15) is 4.79 Å². The van der Waals surface area contributed by atoms with E-state index in [0.717, 1.165) is 32.5 Å². The third-order valence-corrected chi connectivity index (χ3v) is 3.38. The van der Waals surface area contributed by atoms with Crippen LogP contribution in [-0.4, -0.2) is 50.5 Å². The first-order valence-corrected chi connectivity index (χ1v) is 6.41. The van der Waals surface area contributed by atoms with Crippen LogP contribution in [0.4, 0.5) is 0 Å². The van der Waals surface area contributed by atoms with Crippen LogP contribution in [0.5, 0.6) is 0 Å². The monoisotopic (exact) mass is 278 g/mol. The molecule has 2 aliphatic heterocycles. The fourth-order valence-electron chi connectivity index (χ4n) is 2.29. The number of carbonyl (C=O) groups excluding carboxylic acids is 1. The van der Waals surface area contributed by atoms with Crippen molar-refractivity contribution in [3.63, 3.8) is 0 Å². The molecule has 0 spiro atoms. The number of nitrogens with one attached hydrogen (secondary N) is 2. The first-order chi connectivity index (χ1) is 8.18. The molecule has 2 unspecified atom stereocenters. The maximum absolute atomic E-state index is 11.7. The number of hydrogen-bond donors (Lipinski definition) is 2. The second-order valence-electron chi connectivity index (χ2n) is 5.08. The number of rotatable bonds is 4. The number of amides is 1. The molecule has 0 aliphatic carbocycles. The molecule has 2 heterocycles. The average molecular weight is 279 g/mol. The summed E-state index contributed by atoms with van der Waals surface area (Å²) in [6.07, 6.45) is 2.56. The Kier molecular flexibility index (Phi) is 6.35. The fourth-order valence-corrected chi connectivity index (χ4v) is 2.29. The van der Waals surface area contributed by atoms with E-state index in [4.69, 9.17) is 9.47 Å². The number of morpholine rings is 1. The summed E-state index contributed by atoms with van der Waals surface area (Å²) in [5, 5.41) is 6.16. The Morgan fingerprint density at radius 3 is 2.94 bits per heavy atom. The van der Waals surface area contributed by atoms with Crippen molar-refractivity contribution in [3.8, 4) is 0 Å². The summed E-state index contributed by atoms with van der Waals surface area (Å²) >= 11 is 0. The molecule has 6 heteroatoms. The van der Waals surface area contributed by atoms with Crippen LogP contribution in [0.25, 0.3) is 0 Å². The standard InChI is InChI=1S/C12H22N2O3.ClH/c1-12(3-2-5-17-12)9-14-11(15)7-10-8-13-4-6-16-10;/h10,13H,2-9H2,1H3,(H,14,15);1H. The van der Waals surface area contributed by atoms with Gasteiger partial charge in [-0.1, -0.05) is 0 Å². The van der Waals surface area contributed by atoms with Gasteiger partial charge in [0.15, 0.2) is 0 Å². The lowest BCUT2D eigenvalue weighted by Gasteiger charge is -2.25. The number of ether oxygens (including phenoxy) is 2. The van der Waals surface area contributed by atoms with Gasteiger partial charge in [-0.2, -0.15) is 0 Å². The molecule has 2 fully saturated rings. The summed E-state index contributed by atoms with van der Waals surface area (Å²) in [5.74, 6) is 0.0513. The minimum Gasteiger partial charge on any atom is -0.375 e. The van der Waals surface area contributed by atoms with Gasteiger partial charge < -0.3 is 20.1 Å². The Morgan fingerprint density at radius 1 is 1.50 bits per heavy atom. The van der Waals surface area contributed by atoms with Crippen molar-refractivity contribution < 1.29 is 14.3 Å². The van der Waals surface area contributed by atoms with Crippen molar-refractivity contribution in [2.24, 2.45) is 0 Å². The molecule has 2 aliphatic rings. The molecule has 2 N–H and O–H groups in total. The third-order valence-electron chi connectivity index (χ3n) is 3.38. The van der Waals surface area contributed by atoms with Crippen LogP contribution in [-0.2, 0) is 14.3 Å². The highest BCUT2D eigenvalue weighted by Crippen LogP contribution is 2.23. The lowest BCUT2D eigenvalue weighted by Crippen LogP contribution is -2.44. The summed E-state index contributed by atoms with van der Waals surface area (Å²) in [6, 6.07) is 0. The summed E-state index contributed by atoms with van der Waals surface area (Å²) < 4.78 is 11.1. The van der Waals surface area contributed by atoms with Gasteiger partial charge in [0.2, 0.25) is 5.91 Å². The first-order valence-electron chi connectivity index (χ1n) is 6.41. The Labute approximate surface area is 114 Å². The van der Waals surface area contributed by atoms with Crippen LogP contribution in [0.15, 0.2) is 0 Å². The zero-order valence-corrected chi connectivity index (χ0v) is 11.7. The van der Waals surface area contributed by atoms with E-state index in [1.807, 2.05) is 0 Å². The molecule has 0 radical (unpaired) electrons. The zero-order chi connectivity index (χ0) is 12.1. The van der Waals surface area contributed by atoms with E-state index in [0.29, 0.717) is 19.6 Å². The van der Waals surface area contributed by atoms with Crippen molar-refractivity contribution in [2.75, 3.05) is 32.8 Å². The van der Waals surface area contributed by atoms with Gasteiger partial charge in [-0.15, -0.1) is 12.4 Å². The fraction of sp³-hybridized carbons (Fsp3) is 0.917. The molecular formula is C12H23ClN2O3. The van der Waals surface area contributed by atoms with Crippen molar-refractivity contribution in [1.29, 1.82) is 0 Å². The van der Waals surface area contributed by atoms with E-state index in [1.165, 1.54) is 0 Å². The molecule has 0 saturated carbocycles. The van der Waals surface area contributed by atoms with E-state index in [2.05, 4.69) is 17.6 Å². The quantitative estimate of drug-likeness (QED) is 0.785. The molecule has 0 aromatic heterocycles. The van der Waals surface area contributed by atoms with Crippen LogP contribution in [0.1, 0.15) is 26.2 Å². The van der Waals surface area contributed by atoms with Crippen LogP contribution >= 0.6 is 12.4 Å². The molecular weight excluding hydrogens is 256 g/mol. The van der Waals surface area contributed by atoms with Gasteiger partial charge in [0, 0.05) is 26.2 Å². The summed E-state index contributed by atoms with van der Waals surface area (Å²) in [6.45, 7) is 5.80. The highest BCUT2D eigenvalue weighted by molar-refractivity contribution is 5.85. The largest absolute Gasteiger partial charge is 0.375 e. The first kappa shape index (κ1) is 15.7. The van der Waals surface area contributed by atoms with Crippen molar-refractivity contribution in [1.82, 2.24) is 10.6 Å². The Morgan fingerprint density at radius 2 is 2.33 bits per heavy atom. The topological polar surface area (TPSA) is 59.6 Å². The van der Waals surface area contributed by atoms with Crippen molar-refractivity contribution in [3.05, 3.63) is 0 Å². The van der Waals surface area contributed by atoms with Gasteiger partial charge in [-0.05, 0) is 19.8 Å². The molecule has 0 aromatic carbocycles. The zero-order valence-electron chi connectivity index (χ0n) is 10.9. The molecule has 2 saturated heterocycles. The number of hydrogen-bond acceptors (Lipinski definition) is 4. The average Bonchev–Trinajstić information content (AvgIpc) is 2.76. The van der Waals surface area contributed by atoms with Crippen molar-refractivity contribution >= 4 is 18.3 Å². The Bertz CT molecular complexity index is 264. The minimum atomic E-state index is -0.165. The lowest BCUT2D eigenvalue weighted by atomic mass is 10.0. The highest BCUT2D eigenvalue weighted by Gasteiger charge is 2.30. The van der Waals surface area contributed by atoms with Gasteiger partial charge in [0.1, 0.15) is 0 Å². The molecule has 5 nitrogen and oxygen atoms in total. The third kappa shape index (κ3) is 4.72. The predicted octanol–water partition coefficient (Wildman–Crippen LogP) is 0.472. The summed E-state index contributed by atoms with van der Waals surface area (Å²) in [5.41, 5.74) is -0.165. The SMILES string of the molecule is CC1(CNC(=O)CC2CNCCO2)CCCO1.Cl. The summed E-state index contributed by atoms with van der Waals surface area (Å²) in [4.78, 5) is 11.7. The maximum atomic E-state index is 11.7. The van der Waals surface area contributed by atoms with Crippen LogP contribution in [0.2, 0.25) is 0 Å². The molecule has 0 aromatic rings. The molecule has 18 heavy (non-hydrogen) atoms. The lowest BCUT2D eigenvalue weighted by molar-refractivity contribution is -0.125. The molecule has 106 valence electrons. The van der Waals surface area contributed by atoms with Gasteiger partial charge in [-0.3, -0.25) is 4.79 Å². The van der Waals surface area contributed by atoms with Gasteiger partial charge in [0.25, 0.3) is 0 Å². The van der Waals surface area contributed by atoms with Gasteiger partial charge in [-0.25, -0.2) is 0 Å². The smallest absolute Gasteiger partial charge is 0.222 e. The normalized spacial score (nSPS) is 31.7. The van der Waals surface area contributed by atoms with E-state index in [-0.39, 0.29) is 30.0 Å². The second kappa shape index (κ2) is 7.28. The van der Waals surface area contributed by atoms with Crippen LogP contribution in [0, 0.1) is 0 Å². The van der Waals surface area contributed by atoms with E-state index in [1.54, 1.807) is 0 Å². The summed E-state index contributed by atoms with van der Waals surface area (Å²) in [7, 11) is 0. The number of carbonyl (C=O) groups is 1. The van der Waals surface area contributed by atoms with Crippen LogP contribution in [0.3, 0.4) is 0 Å². The highest BCUT2D eigenvalue weighted by atomic mass is 35.5. The molecule has 2 atom stereocenters. The predicted molar refractivity (Wildman–Crippen MR) is 71.1 cm³/mol. The van der Waals surface area contributed by atoms with E-state index < -0.39 is 0 Å². The maximum Gasteiger partial charge on any atom is 0.222 e. The van der Waals surface area contributed by atoms with Gasteiger partial charge in [0.05, 0.1) is 24.7 Å². The Balaban J connectivity index is 0.00000162. The Hall–Kier alpha value is -0.360. The molecule has 0 bridgehead atoms. The molecule has 2 rings (SSSR count). The van der Waals surface area contributed by atoms with Gasteiger partial charge >= 0.3 is 0 Å². The second-order valence-corrected chi connectivity index (χ2v) is 5.08. The number of halogens is 1. The minimum absolute atomic E-state index is 0. The van der Waals surface area contributed by atoms with E-state index >= 15 is 0 Å². The molecule has 1 amide bonds. The van der Waals surface area contributed by atoms with Crippen molar-refractivity contribution in [2.45, 2.75) is 37.9 Å².